The summed E-state index contributed by atoms with van der Waals surface area (Å²) in [5, 5.41) is 0. The molecule has 0 radical (unpaired) electrons. The van der Waals surface area contributed by atoms with Crippen molar-refractivity contribution >= 4 is 8.32 Å². The molecule has 0 aliphatic heterocycles. The molecule has 2 heteroatoms. The zero-order chi connectivity index (χ0) is 22.2. The molecule has 182 valence electrons. The van der Waals surface area contributed by atoms with Gasteiger partial charge in [-0.1, -0.05) is 150 Å². The van der Waals surface area contributed by atoms with Gasteiger partial charge in [-0.25, -0.2) is 0 Å². The molecule has 0 aliphatic rings. The Hall–Kier alpha value is 0.177. The molecule has 30 heavy (non-hydrogen) atoms. The maximum atomic E-state index is 6.95. The third-order valence-corrected chi connectivity index (χ3v) is 11.5. The maximum Gasteiger partial charge on any atom is 0.192 e. The van der Waals surface area contributed by atoms with E-state index in [9.17, 15) is 0 Å². The Morgan fingerprint density at radius 1 is 0.367 bits per heavy atom. The fourth-order valence-electron chi connectivity index (χ4n) is 4.74. The van der Waals surface area contributed by atoms with Gasteiger partial charge < -0.3 is 4.43 Å². The first-order valence-electron chi connectivity index (χ1n) is 14.4. The van der Waals surface area contributed by atoms with Crippen LogP contribution in [0, 0.1) is 0 Å². The van der Waals surface area contributed by atoms with E-state index in [0.29, 0.717) is 0 Å². The standard InChI is InChI=1S/C28H60OSi/c1-5-9-13-17-18-19-20-21-25-29-30(26-22-14-10-6-2,27-23-15-11-7-3)28-24-16-12-8-4/h5-28H2,1-4H3. The lowest BCUT2D eigenvalue weighted by Gasteiger charge is -2.32. The molecular formula is C28H60OSi. The molecule has 0 N–H and O–H groups in total. The van der Waals surface area contributed by atoms with Crippen molar-refractivity contribution in [2.45, 2.75) is 174 Å². The molecule has 0 atom stereocenters. The molecule has 0 aliphatic carbocycles. The quantitative estimate of drug-likeness (QED) is 0.101. The van der Waals surface area contributed by atoms with E-state index in [1.54, 1.807) is 0 Å². The molecule has 0 heterocycles. The van der Waals surface area contributed by atoms with Gasteiger partial charge in [0, 0.05) is 6.61 Å². The second-order valence-electron chi connectivity index (χ2n) is 9.94. The Morgan fingerprint density at radius 3 is 1.03 bits per heavy atom. The van der Waals surface area contributed by atoms with E-state index in [1.807, 2.05) is 0 Å². The molecule has 0 fully saturated rings. The van der Waals surface area contributed by atoms with Crippen LogP contribution < -0.4 is 0 Å². The second-order valence-corrected chi connectivity index (χ2v) is 14.1. The van der Waals surface area contributed by atoms with Crippen LogP contribution in [0.2, 0.25) is 18.1 Å². The SMILES string of the molecule is CCCCCCCCCCO[Si](CCCCCC)(CCCCCC)CCCCCC. The highest BCUT2D eigenvalue weighted by atomic mass is 28.4. The molecule has 0 aromatic carbocycles. The molecule has 0 saturated carbocycles. The van der Waals surface area contributed by atoms with Gasteiger partial charge in [0.25, 0.3) is 0 Å². The Labute approximate surface area is 193 Å². The monoisotopic (exact) mass is 440 g/mol. The van der Waals surface area contributed by atoms with Crippen LogP contribution in [0.3, 0.4) is 0 Å². The Balaban J connectivity index is 4.50. The van der Waals surface area contributed by atoms with Crippen LogP contribution in [0.4, 0.5) is 0 Å². The predicted octanol–water partition coefficient (Wildman–Crippen LogP) is 10.8. The molecule has 0 amide bonds. The van der Waals surface area contributed by atoms with Gasteiger partial charge in [-0.15, -0.1) is 0 Å². The van der Waals surface area contributed by atoms with Gasteiger partial charge in [-0.2, -0.15) is 0 Å². The highest BCUT2D eigenvalue weighted by Gasteiger charge is 2.33. The molecule has 0 aromatic rings. The van der Waals surface area contributed by atoms with Crippen molar-refractivity contribution in [2.24, 2.45) is 0 Å². The summed E-state index contributed by atoms with van der Waals surface area (Å²) in [4.78, 5) is 0. The summed E-state index contributed by atoms with van der Waals surface area (Å²) in [7, 11) is -1.53. The lowest BCUT2D eigenvalue weighted by Crippen LogP contribution is -2.38. The third kappa shape index (κ3) is 18.9. The van der Waals surface area contributed by atoms with E-state index < -0.39 is 8.32 Å². The van der Waals surface area contributed by atoms with Gasteiger partial charge in [-0.05, 0) is 24.6 Å². The zero-order valence-electron chi connectivity index (χ0n) is 21.9. The van der Waals surface area contributed by atoms with Crippen molar-refractivity contribution in [3.05, 3.63) is 0 Å². The van der Waals surface area contributed by atoms with E-state index in [1.165, 1.54) is 147 Å². The van der Waals surface area contributed by atoms with Crippen LogP contribution in [0.5, 0.6) is 0 Å². The second kappa shape index (κ2) is 23.8. The minimum Gasteiger partial charge on any atom is -0.417 e. The van der Waals surface area contributed by atoms with Crippen LogP contribution in [0.15, 0.2) is 0 Å². The van der Waals surface area contributed by atoms with Crippen molar-refractivity contribution in [1.29, 1.82) is 0 Å². The summed E-state index contributed by atoms with van der Waals surface area (Å²) >= 11 is 0. The molecule has 0 rings (SSSR count). The fraction of sp³-hybridized carbons (Fsp3) is 1.00. The number of hydrogen-bond donors (Lipinski definition) is 0. The highest BCUT2D eigenvalue weighted by molar-refractivity contribution is 6.73. The van der Waals surface area contributed by atoms with Crippen molar-refractivity contribution in [3.8, 4) is 0 Å². The minimum absolute atomic E-state index is 1.07. The minimum atomic E-state index is -1.53. The number of rotatable bonds is 25. The molecular weight excluding hydrogens is 380 g/mol. The Morgan fingerprint density at radius 2 is 0.667 bits per heavy atom. The molecule has 0 aromatic heterocycles. The number of unbranched alkanes of at least 4 members (excludes halogenated alkanes) is 16. The normalized spacial score (nSPS) is 12.0. The van der Waals surface area contributed by atoms with Gasteiger partial charge in [0.1, 0.15) is 0 Å². The summed E-state index contributed by atoms with van der Waals surface area (Å²) in [5.74, 6) is 0. The smallest absolute Gasteiger partial charge is 0.192 e. The molecule has 1 nitrogen and oxygen atoms in total. The summed E-state index contributed by atoms with van der Waals surface area (Å²) < 4.78 is 6.95. The van der Waals surface area contributed by atoms with Crippen LogP contribution in [0.1, 0.15) is 156 Å². The third-order valence-electron chi connectivity index (χ3n) is 6.86. The Bertz CT molecular complexity index is 286. The van der Waals surface area contributed by atoms with Crippen molar-refractivity contribution in [1.82, 2.24) is 0 Å². The first-order chi connectivity index (χ1) is 14.7. The van der Waals surface area contributed by atoms with E-state index in [0.717, 1.165) is 6.61 Å². The van der Waals surface area contributed by atoms with Crippen LogP contribution in [-0.2, 0) is 4.43 Å². The predicted molar refractivity (Wildman–Crippen MR) is 141 cm³/mol. The van der Waals surface area contributed by atoms with Crippen LogP contribution >= 0.6 is 0 Å². The summed E-state index contributed by atoms with van der Waals surface area (Å²) in [6.45, 7) is 10.4. The Kier molecular flexibility index (Phi) is 24.0. The van der Waals surface area contributed by atoms with E-state index in [4.69, 9.17) is 4.43 Å². The van der Waals surface area contributed by atoms with Gasteiger partial charge in [-0.3, -0.25) is 0 Å². The van der Waals surface area contributed by atoms with E-state index in [-0.39, 0.29) is 0 Å². The lowest BCUT2D eigenvalue weighted by molar-refractivity contribution is 0.281. The van der Waals surface area contributed by atoms with Gasteiger partial charge in [0.15, 0.2) is 8.32 Å². The average molecular weight is 441 g/mol. The average Bonchev–Trinajstić information content (AvgIpc) is 2.76. The van der Waals surface area contributed by atoms with Crippen molar-refractivity contribution in [3.63, 3.8) is 0 Å². The van der Waals surface area contributed by atoms with Crippen LogP contribution in [0.25, 0.3) is 0 Å². The fourth-order valence-corrected chi connectivity index (χ4v) is 9.18. The lowest BCUT2D eigenvalue weighted by atomic mass is 10.1. The van der Waals surface area contributed by atoms with Gasteiger partial charge >= 0.3 is 0 Å². The first kappa shape index (κ1) is 30.2. The topological polar surface area (TPSA) is 9.23 Å². The molecule has 0 unspecified atom stereocenters. The highest BCUT2D eigenvalue weighted by Crippen LogP contribution is 2.31. The first-order valence-corrected chi connectivity index (χ1v) is 16.9. The summed E-state index contributed by atoms with van der Waals surface area (Å²) in [6.07, 6.45) is 28.1. The number of hydrogen-bond acceptors (Lipinski definition) is 1. The van der Waals surface area contributed by atoms with Crippen molar-refractivity contribution < 1.29 is 4.43 Å². The summed E-state index contributed by atoms with van der Waals surface area (Å²) in [5.41, 5.74) is 0. The van der Waals surface area contributed by atoms with Gasteiger partial charge in [0.05, 0.1) is 0 Å². The zero-order valence-corrected chi connectivity index (χ0v) is 22.9. The maximum absolute atomic E-state index is 6.95. The summed E-state index contributed by atoms with van der Waals surface area (Å²) in [6, 6.07) is 4.34. The van der Waals surface area contributed by atoms with Crippen LogP contribution in [-0.4, -0.2) is 14.9 Å². The van der Waals surface area contributed by atoms with Crippen molar-refractivity contribution in [2.75, 3.05) is 6.61 Å². The van der Waals surface area contributed by atoms with E-state index >= 15 is 0 Å². The van der Waals surface area contributed by atoms with E-state index in [2.05, 4.69) is 27.7 Å². The van der Waals surface area contributed by atoms with Gasteiger partial charge in [0.2, 0.25) is 0 Å². The molecule has 0 saturated heterocycles. The largest absolute Gasteiger partial charge is 0.417 e. The molecule has 0 spiro atoms. The molecule has 0 bridgehead atoms.